The van der Waals surface area contributed by atoms with Crippen LogP contribution in [0.3, 0.4) is 0 Å². The molecule has 0 aromatic heterocycles. The molecule has 1 aromatic rings. The van der Waals surface area contributed by atoms with Crippen LogP contribution in [0.1, 0.15) is 6.42 Å². The van der Waals surface area contributed by atoms with Crippen LogP contribution < -0.4 is 10.6 Å². The van der Waals surface area contributed by atoms with Crippen molar-refractivity contribution in [2.75, 3.05) is 43.1 Å². The first kappa shape index (κ1) is 22.7. The van der Waals surface area contributed by atoms with Crippen molar-refractivity contribution in [3.8, 4) is 0 Å². The monoisotopic (exact) mass is 399 g/mol. The number of halogens is 3. The predicted octanol–water partition coefficient (Wildman–Crippen LogP) is 2.91. The van der Waals surface area contributed by atoms with Crippen molar-refractivity contribution in [2.45, 2.75) is 12.5 Å². The molecule has 0 saturated carbocycles. The van der Waals surface area contributed by atoms with Crippen molar-refractivity contribution in [2.24, 2.45) is 5.73 Å². The SMILES string of the molecule is CSCC[C@H](N)C(=O)N1CCN(c2ccc(Cl)cc2)CC1.Cl.Cl. The Morgan fingerprint density at radius 2 is 1.78 bits per heavy atom. The molecule has 23 heavy (non-hydrogen) atoms. The summed E-state index contributed by atoms with van der Waals surface area (Å²) in [5.74, 6) is 1.01. The Labute approximate surface area is 159 Å². The van der Waals surface area contributed by atoms with Gasteiger partial charge in [0.2, 0.25) is 5.91 Å². The number of hydrogen-bond acceptors (Lipinski definition) is 4. The molecular formula is C15H24Cl3N3OS. The molecule has 0 spiro atoms. The molecular weight excluding hydrogens is 377 g/mol. The average Bonchev–Trinajstić information content (AvgIpc) is 2.53. The molecule has 0 bridgehead atoms. The second-order valence-electron chi connectivity index (χ2n) is 5.18. The number of thioether (sulfide) groups is 1. The Morgan fingerprint density at radius 1 is 1.22 bits per heavy atom. The molecule has 8 heteroatoms. The lowest BCUT2D eigenvalue weighted by Gasteiger charge is -2.37. The highest BCUT2D eigenvalue weighted by atomic mass is 35.5. The molecule has 1 fully saturated rings. The number of piperazine rings is 1. The molecule has 2 N–H and O–H groups in total. The number of hydrogen-bond donors (Lipinski definition) is 1. The summed E-state index contributed by atoms with van der Waals surface area (Å²) in [5.41, 5.74) is 7.11. The van der Waals surface area contributed by atoms with Gasteiger partial charge in [0, 0.05) is 36.9 Å². The van der Waals surface area contributed by atoms with Crippen molar-refractivity contribution < 1.29 is 4.79 Å². The maximum Gasteiger partial charge on any atom is 0.239 e. The van der Waals surface area contributed by atoms with Crippen LogP contribution in [0.5, 0.6) is 0 Å². The third-order valence-corrected chi connectivity index (χ3v) is 4.63. The van der Waals surface area contributed by atoms with Crippen molar-refractivity contribution in [1.29, 1.82) is 0 Å². The number of carbonyl (C=O) groups excluding carboxylic acids is 1. The van der Waals surface area contributed by atoms with E-state index >= 15 is 0 Å². The zero-order valence-corrected chi connectivity index (χ0v) is 16.3. The average molecular weight is 401 g/mol. The Bertz CT molecular complexity index is 468. The van der Waals surface area contributed by atoms with Crippen LogP contribution in [-0.4, -0.2) is 55.0 Å². The molecule has 0 radical (unpaired) electrons. The smallest absolute Gasteiger partial charge is 0.239 e. The van der Waals surface area contributed by atoms with Gasteiger partial charge in [-0.3, -0.25) is 4.79 Å². The maximum atomic E-state index is 12.2. The molecule has 0 unspecified atom stereocenters. The fraction of sp³-hybridized carbons (Fsp3) is 0.533. The molecule has 1 saturated heterocycles. The highest BCUT2D eigenvalue weighted by Crippen LogP contribution is 2.19. The fourth-order valence-corrected chi connectivity index (χ4v) is 3.06. The summed E-state index contributed by atoms with van der Waals surface area (Å²) in [6, 6.07) is 7.47. The van der Waals surface area contributed by atoms with Crippen LogP contribution in [0.25, 0.3) is 0 Å². The van der Waals surface area contributed by atoms with Gasteiger partial charge in [-0.25, -0.2) is 0 Å². The summed E-state index contributed by atoms with van der Waals surface area (Å²) < 4.78 is 0. The van der Waals surface area contributed by atoms with Crippen LogP contribution in [-0.2, 0) is 4.79 Å². The predicted molar refractivity (Wildman–Crippen MR) is 106 cm³/mol. The van der Waals surface area contributed by atoms with Gasteiger partial charge in [0.1, 0.15) is 0 Å². The molecule has 2 rings (SSSR count). The molecule has 1 heterocycles. The van der Waals surface area contributed by atoms with Crippen LogP contribution in [0.2, 0.25) is 5.02 Å². The number of nitrogens with zero attached hydrogens (tertiary/aromatic N) is 2. The van der Waals surface area contributed by atoms with E-state index < -0.39 is 0 Å². The largest absolute Gasteiger partial charge is 0.368 e. The van der Waals surface area contributed by atoms with Gasteiger partial charge < -0.3 is 15.5 Å². The summed E-state index contributed by atoms with van der Waals surface area (Å²) in [5, 5.41) is 0.743. The third-order valence-electron chi connectivity index (χ3n) is 3.73. The lowest BCUT2D eigenvalue weighted by atomic mass is 10.2. The zero-order valence-electron chi connectivity index (χ0n) is 13.1. The van der Waals surface area contributed by atoms with E-state index in [-0.39, 0.29) is 36.8 Å². The highest BCUT2D eigenvalue weighted by molar-refractivity contribution is 7.98. The quantitative estimate of drug-likeness (QED) is 0.825. The number of nitrogens with two attached hydrogens (primary N) is 1. The number of carbonyl (C=O) groups is 1. The van der Waals surface area contributed by atoms with Crippen molar-refractivity contribution in [3.05, 3.63) is 29.3 Å². The second kappa shape index (κ2) is 11.3. The molecule has 1 aliphatic rings. The zero-order chi connectivity index (χ0) is 15.2. The third kappa shape index (κ3) is 6.59. The summed E-state index contributed by atoms with van der Waals surface area (Å²) in [6.45, 7) is 3.13. The van der Waals surface area contributed by atoms with Gasteiger partial charge in [-0.2, -0.15) is 11.8 Å². The number of anilines is 1. The van der Waals surface area contributed by atoms with E-state index in [1.165, 1.54) is 0 Å². The maximum absolute atomic E-state index is 12.2. The molecule has 4 nitrogen and oxygen atoms in total. The van der Waals surface area contributed by atoms with Gasteiger partial charge in [-0.15, -0.1) is 24.8 Å². The minimum atomic E-state index is -0.362. The van der Waals surface area contributed by atoms with Crippen LogP contribution >= 0.6 is 48.2 Å². The van der Waals surface area contributed by atoms with Gasteiger partial charge in [0.05, 0.1) is 6.04 Å². The van der Waals surface area contributed by atoms with E-state index in [1.807, 2.05) is 35.4 Å². The van der Waals surface area contributed by atoms with E-state index in [9.17, 15) is 4.79 Å². The van der Waals surface area contributed by atoms with Gasteiger partial charge in [-0.1, -0.05) is 11.6 Å². The first-order chi connectivity index (χ1) is 10.1. The first-order valence-electron chi connectivity index (χ1n) is 7.15. The van der Waals surface area contributed by atoms with Crippen molar-refractivity contribution in [1.82, 2.24) is 4.90 Å². The van der Waals surface area contributed by atoms with Crippen molar-refractivity contribution in [3.63, 3.8) is 0 Å². The minimum absolute atomic E-state index is 0. The standard InChI is InChI=1S/C15H22ClN3OS.2ClH/c1-21-11-6-14(17)15(20)19-9-7-18(8-10-19)13-4-2-12(16)3-5-13;;/h2-5,14H,6-11,17H2,1H3;2*1H/t14-;;/m0../s1. The lowest BCUT2D eigenvalue weighted by Crippen LogP contribution is -2.53. The normalized spacial score (nSPS) is 15.4. The molecule has 1 aliphatic heterocycles. The molecule has 1 aromatic carbocycles. The summed E-state index contributed by atoms with van der Waals surface area (Å²) >= 11 is 7.63. The minimum Gasteiger partial charge on any atom is -0.368 e. The van der Waals surface area contributed by atoms with Gasteiger partial charge >= 0.3 is 0 Å². The summed E-state index contributed by atoms with van der Waals surface area (Å²) in [7, 11) is 0. The summed E-state index contributed by atoms with van der Waals surface area (Å²) in [6.07, 6.45) is 2.78. The first-order valence-corrected chi connectivity index (χ1v) is 8.93. The number of amides is 1. The van der Waals surface area contributed by atoms with Crippen LogP contribution in [0.4, 0.5) is 5.69 Å². The highest BCUT2D eigenvalue weighted by Gasteiger charge is 2.25. The van der Waals surface area contributed by atoms with Crippen LogP contribution in [0, 0.1) is 0 Å². The molecule has 1 atom stereocenters. The fourth-order valence-electron chi connectivity index (χ4n) is 2.44. The lowest BCUT2D eigenvalue weighted by molar-refractivity contribution is -0.132. The second-order valence-corrected chi connectivity index (χ2v) is 6.60. The number of benzene rings is 1. The van der Waals surface area contributed by atoms with E-state index in [0.29, 0.717) is 0 Å². The molecule has 132 valence electrons. The molecule has 1 amide bonds. The van der Waals surface area contributed by atoms with Crippen molar-refractivity contribution >= 4 is 59.8 Å². The van der Waals surface area contributed by atoms with E-state index in [2.05, 4.69) is 4.90 Å². The van der Waals surface area contributed by atoms with E-state index in [0.717, 1.165) is 49.1 Å². The Kier molecular flexibility index (Phi) is 11.1. The van der Waals surface area contributed by atoms with Gasteiger partial charge in [0.25, 0.3) is 0 Å². The molecule has 0 aliphatic carbocycles. The summed E-state index contributed by atoms with van der Waals surface area (Å²) in [4.78, 5) is 16.4. The number of rotatable bonds is 5. The Morgan fingerprint density at radius 3 is 2.30 bits per heavy atom. The Hall–Kier alpha value is -0.330. The van der Waals surface area contributed by atoms with E-state index in [1.54, 1.807) is 11.8 Å². The van der Waals surface area contributed by atoms with E-state index in [4.69, 9.17) is 17.3 Å². The Balaban J connectivity index is 0.00000242. The van der Waals surface area contributed by atoms with Gasteiger partial charge in [0.15, 0.2) is 0 Å². The topological polar surface area (TPSA) is 49.6 Å². The van der Waals surface area contributed by atoms with Gasteiger partial charge in [-0.05, 0) is 42.7 Å². The van der Waals surface area contributed by atoms with Crippen LogP contribution in [0.15, 0.2) is 24.3 Å².